The van der Waals surface area contributed by atoms with E-state index in [9.17, 15) is 4.79 Å². The normalized spacial score (nSPS) is 13.2. The molecular formula is C18H27N3O2. The Morgan fingerprint density at radius 2 is 1.91 bits per heavy atom. The van der Waals surface area contributed by atoms with Crippen molar-refractivity contribution in [3.63, 3.8) is 0 Å². The molecule has 0 aliphatic heterocycles. The summed E-state index contributed by atoms with van der Waals surface area (Å²) < 4.78 is 0. The standard InChI is InChI=1S/C18H27N3O2/c1-13(2)10-16(8-9-22)12-20-18(23)21-14(3)17-6-4-15(11-19)5-7-17/h4-7,13-14,16,22H,8-10,12H2,1-3H3,(H2,20,21,23). The molecule has 23 heavy (non-hydrogen) atoms. The van der Waals surface area contributed by atoms with Crippen LogP contribution in [0.5, 0.6) is 0 Å². The second kappa shape index (κ2) is 9.86. The van der Waals surface area contributed by atoms with Crippen molar-refractivity contribution in [3.05, 3.63) is 35.4 Å². The first-order valence-electron chi connectivity index (χ1n) is 8.11. The molecule has 0 bridgehead atoms. The van der Waals surface area contributed by atoms with E-state index >= 15 is 0 Å². The number of carbonyl (C=O) groups excluding carboxylic acids is 1. The highest BCUT2D eigenvalue weighted by Crippen LogP contribution is 2.15. The molecule has 0 aliphatic rings. The molecule has 0 heterocycles. The summed E-state index contributed by atoms with van der Waals surface area (Å²) in [6.45, 7) is 6.88. The van der Waals surface area contributed by atoms with Crippen molar-refractivity contribution >= 4 is 6.03 Å². The van der Waals surface area contributed by atoms with E-state index in [1.165, 1.54) is 0 Å². The van der Waals surface area contributed by atoms with E-state index in [0.29, 0.717) is 24.4 Å². The number of rotatable bonds is 8. The Balaban J connectivity index is 2.46. The van der Waals surface area contributed by atoms with Crippen LogP contribution in [0.4, 0.5) is 4.79 Å². The molecule has 0 saturated carbocycles. The molecule has 0 aliphatic carbocycles. The van der Waals surface area contributed by atoms with Gasteiger partial charge in [0.15, 0.2) is 0 Å². The third-order valence-corrected chi connectivity index (χ3v) is 3.78. The van der Waals surface area contributed by atoms with Gasteiger partial charge in [-0.15, -0.1) is 0 Å². The number of nitrogens with one attached hydrogen (secondary N) is 2. The van der Waals surface area contributed by atoms with Crippen LogP contribution in [0.1, 0.15) is 50.8 Å². The summed E-state index contributed by atoms with van der Waals surface area (Å²) in [6, 6.07) is 8.90. The molecule has 5 heteroatoms. The van der Waals surface area contributed by atoms with Crippen molar-refractivity contribution in [2.24, 2.45) is 11.8 Å². The Morgan fingerprint density at radius 3 is 2.43 bits per heavy atom. The molecule has 0 aromatic heterocycles. The van der Waals surface area contributed by atoms with Gasteiger partial charge in [0.2, 0.25) is 0 Å². The zero-order chi connectivity index (χ0) is 17.2. The first-order chi connectivity index (χ1) is 11.0. The highest BCUT2D eigenvalue weighted by Gasteiger charge is 2.14. The minimum absolute atomic E-state index is 0.135. The molecule has 2 amide bonds. The smallest absolute Gasteiger partial charge is 0.315 e. The van der Waals surface area contributed by atoms with E-state index in [-0.39, 0.29) is 24.6 Å². The van der Waals surface area contributed by atoms with Crippen molar-refractivity contribution < 1.29 is 9.90 Å². The van der Waals surface area contributed by atoms with Gasteiger partial charge in [0.25, 0.3) is 0 Å². The van der Waals surface area contributed by atoms with Gasteiger partial charge < -0.3 is 15.7 Å². The topological polar surface area (TPSA) is 85.2 Å². The molecule has 126 valence electrons. The first-order valence-corrected chi connectivity index (χ1v) is 8.11. The first kappa shape index (κ1) is 19.0. The summed E-state index contributed by atoms with van der Waals surface area (Å²) in [6.07, 6.45) is 1.68. The lowest BCUT2D eigenvalue weighted by molar-refractivity contribution is 0.223. The molecule has 2 unspecified atom stereocenters. The van der Waals surface area contributed by atoms with Gasteiger partial charge in [-0.1, -0.05) is 26.0 Å². The summed E-state index contributed by atoms with van der Waals surface area (Å²) in [5.41, 5.74) is 1.55. The highest BCUT2D eigenvalue weighted by molar-refractivity contribution is 5.74. The van der Waals surface area contributed by atoms with E-state index < -0.39 is 0 Å². The second-order valence-corrected chi connectivity index (χ2v) is 6.32. The summed E-state index contributed by atoms with van der Waals surface area (Å²) in [4.78, 5) is 12.0. The van der Waals surface area contributed by atoms with Crippen LogP contribution in [0.15, 0.2) is 24.3 Å². The fourth-order valence-electron chi connectivity index (χ4n) is 2.57. The monoisotopic (exact) mass is 317 g/mol. The van der Waals surface area contributed by atoms with Crippen LogP contribution in [-0.2, 0) is 0 Å². The number of nitrogens with zero attached hydrogens (tertiary/aromatic N) is 1. The zero-order valence-electron chi connectivity index (χ0n) is 14.2. The van der Waals surface area contributed by atoms with Crippen LogP contribution < -0.4 is 10.6 Å². The Labute approximate surface area is 138 Å². The minimum Gasteiger partial charge on any atom is -0.396 e. The molecule has 3 N–H and O–H groups in total. The molecule has 0 spiro atoms. The summed E-state index contributed by atoms with van der Waals surface area (Å²) in [5, 5.41) is 23.7. The van der Waals surface area contributed by atoms with Gasteiger partial charge in [-0.05, 0) is 49.3 Å². The second-order valence-electron chi connectivity index (χ2n) is 6.32. The van der Waals surface area contributed by atoms with E-state index in [0.717, 1.165) is 12.0 Å². The average molecular weight is 317 g/mol. The number of benzene rings is 1. The number of nitriles is 1. The van der Waals surface area contributed by atoms with Crippen molar-refractivity contribution in [1.82, 2.24) is 10.6 Å². The van der Waals surface area contributed by atoms with Crippen LogP contribution >= 0.6 is 0 Å². The number of carbonyl (C=O) groups is 1. The number of amides is 2. The number of urea groups is 1. The fourth-order valence-corrected chi connectivity index (χ4v) is 2.57. The molecule has 0 radical (unpaired) electrons. The summed E-state index contributed by atoms with van der Waals surface area (Å²) in [7, 11) is 0. The lowest BCUT2D eigenvalue weighted by atomic mass is 9.94. The maximum absolute atomic E-state index is 12.0. The van der Waals surface area contributed by atoms with Crippen LogP contribution in [0, 0.1) is 23.2 Å². The number of aliphatic hydroxyl groups is 1. The van der Waals surface area contributed by atoms with Crippen molar-refractivity contribution in [2.45, 2.75) is 39.7 Å². The van der Waals surface area contributed by atoms with Crippen LogP contribution in [0.25, 0.3) is 0 Å². The largest absolute Gasteiger partial charge is 0.396 e. The van der Waals surface area contributed by atoms with Gasteiger partial charge in [0.05, 0.1) is 17.7 Å². The number of aliphatic hydroxyl groups excluding tert-OH is 1. The SMILES string of the molecule is CC(C)CC(CCO)CNC(=O)NC(C)c1ccc(C#N)cc1. The molecule has 1 aromatic rings. The van der Waals surface area contributed by atoms with Gasteiger partial charge in [-0.3, -0.25) is 0 Å². The van der Waals surface area contributed by atoms with Crippen molar-refractivity contribution in [1.29, 1.82) is 5.26 Å². The number of hydrogen-bond donors (Lipinski definition) is 3. The molecule has 2 atom stereocenters. The Kier molecular flexibility index (Phi) is 8.14. The Bertz CT molecular complexity index is 520. The average Bonchev–Trinajstić information content (AvgIpc) is 2.52. The van der Waals surface area contributed by atoms with E-state index in [2.05, 4.69) is 30.6 Å². The zero-order valence-corrected chi connectivity index (χ0v) is 14.2. The molecule has 5 nitrogen and oxygen atoms in total. The highest BCUT2D eigenvalue weighted by atomic mass is 16.3. The van der Waals surface area contributed by atoms with E-state index in [1.807, 2.05) is 19.1 Å². The van der Waals surface area contributed by atoms with Crippen molar-refractivity contribution in [3.8, 4) is 6.07 Å². The number of hydrogen-bond acceptors (Lipinski definition) is 3. The Morgan fingerprint density at radius 1 is 1.26 bits per heavy atom. The predicted molar refractivity (Wildman–Crippen MR) is 90.8 cm³/mol. The summed E-state index contributed by atoms with van der Waals surface area (Å²) in [5.74, 6) is 0.824. The van der Waals surface area contributed by atoms with Crippen LogP contribution in [0.3, 0.4) is 0 Å². The molecule has 1 rings (SSSR count). The third kappa shape index (κ3) is 7.16. The lowest BCUT2D eigenvalue weighted by Gasteiger charge is -2.20. The minimum atomic E-state index is -0.214. The van der Waals surface area contributed by atoms with E-state index in [4.69, 9.17) is 10.4 Å². The van der Waals surface area contributed by atoms with Gasteiger partial charge >= 0.3 is 6.03 Å². The van der Waals surface area contributed by atoms with Crippen molar-refractivity contribution in [2.75, 3.05) is 13.2 Å². The van der Waals surface area contributed by atoms with Gasteiger partial charge in [-0.25, -0.2) is 4.79 Å². The van der Waals surface area contributed by atoms with Gasteiger partial charge in [0.1, 0.15) is 0 Å². The third-order valence-electron chi connectivity index (χ3n) is 3.78. The molecule has 0 fully saturated rings. The molecule has 1 aromatic carbocycles. The summed E-state index contributed by atoms with van der Waals surface area (Å²) >= 11 is 0. The Hall–Kier alpha value is -2.06. The van der Waals surface area contributed by atoms with E-state index in [1.54, 1.807) is 12.1 Å². The lowest BCUT2D eigenvalue weighted by Crippen LogP contribution is -2.39. The maximum Gasteiger partial charge on any atom is 0.315 e. The molecular weight excluding hydrogens is 290 g/mol. The quantitative estimate of drug-likeness (QED) is 0.689. The fraction of sp³-hybridized carbons (Fsp3) is 0.556. The van der Waals surface area contributed by atoms with Crippen LogP contribution in [-0.4, -0.2) is 24.3 Å². The van der Waals surface area contributed by atoms with Gasteiger partial charge in [-0.2, -0.15) is 5.26 Å². The maximum atomic E-state index is 12.0. The molecule has 0 saturated heterocycles. The van der Waals surface area contributed by atoms with Gasteiger partial charge in [0, 0.05) is 13.2 Å². The predicted octanol–water partition coefficient (Wildman–Crippen LogP) is 2.96. The van der Waals surface area contributed by atoms with Crippen LogP contribution in [0.2, 0.25) is 0 Å².